The number of unbranched alkanes of at least 4 members (excludes halogenated alkanes) is 7. The van der Waals surface area contributed by atoms with Gasteiger partial charge in [-0.25, -0.2) is 9.13 Å². The molecule has 4 atom stereocenters. The molecule has 0 spiro atoms. The van der Waals surface area contributed by atoms with Crippen LogP contribution in [0, 0.1) is 0 Å². The molecule has 344 valence electrons. The smallest absolute Gasteiger partial charge is 0.462 e. The highest BCUT2D eigenvalue weighted by atomic mass is 31.2. The van der Waals surface area contributed by atoms with Gasteiger partial charge in [-0.15, -0.1) is 0 Å². The minimum Gasteiger partial charge on any atom is -0.462 e. The van der Waals surface area contributed by atoms with Crippen molar-refractivity contribution in [2.24, 2.45) is 0 Å². The molecule has 5 N–H and O–H groups in total. The van der Waals surface area contributed by atoms with E-state index in [0.717, 1.165) is 89.9 Å². The molecule has 0 aromatic rings. The summed E-state index contributed by atoms with van der Waals surface area (Å²) in [7, 11) is -9.71. The Morgan fingerprint density at radius 1 is 0.550 bits per heavy atom. The number of allylic oxidation sites excluding steroid dienone is 13. The summed E-state index contributed by atoms with van der Waals surface area (Å²) in [5, 5.41) is 19.5. The Bertz CT molecular complexity index is 1400. The van der Waals surface area contributed by atoms with Gasteiger partial charge < -0.3 is 34.4 Å². The van der Waals surface area contributed by atoms with Crippen molar-refractivity contribution in [3.05, 3.63) is 85.1 Å². The SMILES string of the molecule is CC/C=C\C/C=C\C/C=C\CCCCCCCC(=O)O[C@H](COC(=O)CCC/C=C\C/C=C\C/C=C\C/C=C\[C@@H](O)CCCC)COP(=O)(O)OC[C@@H](O)COP(=O)(O)O. The monoisotopic (exact) mass is 888 g/mol. The fourth-order valence-corrected chi connectivity index (χ4v) is 6.23. The zero-order valence-electron chi connectivity index (χ0n) is 35.9. The molecule has 0 aliphatic carbocycles. The highest BCUT2D eigenvalue weighted by molar-refractivity contribution is 7.47. The highest BCUT2D eigenvalue weighted by Crippen LogP contribution is 2.43. The first-order valence-electron chi connectivity index (χ1n) is 21.4. The van der Waals surface area contributed by atoms with E-state index >= 15 is 0 Å². The average Bonchev–Trinajstić information content (AvgIpc) is 3.20. The maximum absolute atomic E-state index is 12.6. The first kappa shape index (κ1) is 57.3. The maximum Gasteiger partial charge on any atom is 0.472 e. The van der Waals surface area contributed by atoms with Gasteiger partial charge in [-0.1, -0.05) is 131 Å². The van der Waals surface area contributed by atoms with Crippen LogP contribution >= 0.6 is 15.6 Å². The van der Waals surface area contributed by atoms with Gasteiger partial charge in [0, 0.05) is 12.8 Å². The quantitative estimate of drug-likeness (QED) is 0.0168. The van der Waals surface area contributed by atoms with E-state index in [1.807, 2.05) is 24.3 Å². The average molecular weight is 889 g/mol. The highest BCUT2D eigenvalue weighted by Gasteiger charge is 2.28. The number of hydrogen-bond donors (Lipinski definition) is 5. The third-order valence-electron chi connectivity index (χ3n) is 8.33. The number of rotatable bonds is 39. The lowest BCUT2D eigenvalue weighted by Crippen LogP contribution is -2.30. The van der Waals surface area contributed by atoms with Gasteiger partial charge in [0.05, 0.1) is 25.9 Å². The predicted octanol–water partition coefficient (Wildman–Crippen LogP) is 9.75. The number of aliphatic hydroxyl groups is 2. The van der Waals surface area contributed by atoms with Crippen LogP contribution < -0.4 is 0 Å². The van der Waals surface area contributed by atoms with Gasteiger partial charge in [-0.05, 0) is 77.0 Å². The Morgan fingerprint density at radius 3 is 1.65 bits per heavy atom. The molecule has 0 heterocycles. The fraction of sp³-hybridized carbons (Fsp3) is 0.636. The summed E-state index contributed by atoms with van der Waals surface area (Å²) in [5.74, 6) is -1.15. The Balaban J connectivity index is 4.68. The van der Waals surface area contributed by atoms with E-state index < -0.39 is 66.2 Å². The van der Waals surface area contributed by atoms with E-state index in [1.165, 1.54) is 0 Å². The van der Waals surface area contributed by atoms with Gasteiger partial charge in [-0.3, -0.25) is 23.2 Å². The molecule has 0 aliphatic heterocycles. The third-order valence-corrected chi connectivity index (χ3v) is 9.76. The molecule has 0 rings (SSSR count). The van der Waals surface area contributed by atoms with Crippen molar-refractivity contribution in [3.8, 4) is 0 Å². The van der Waals surface area contributed by atoms with Crippen molar-refractivity contribution in [2.45, 2.75) is 154 Å². The molecule has 16 heteroatoms. The first-order chi connectivity index (χ1) is 28.8. The van der Waals surface area contributed by atoms with Crippen LogP contribution in [0.15, 0.2) is 85.1 Å². The van der Waals surface area contributed by atoms with Crippen LogP contribution in [-0.4, -0.2) is 81.6 Å². The number of phosphoric acid groups is 2. The Morgan fingerprint density at radius 2 is 1.05 bits per heavy atom. The fourth-order valence-electron chi connectivity index (χ4n) is 5.08. The number of phosphoric ester groups is 2. The lowest BCUT2D eigenvalue weighted by atomic mass is 10.1. The predicted molar refractivity (Wildman–Crippen MR) is 236 cm³/mol. The van der Waals surface area contributed by atoms with Crippen LogP contribution in [0.25, 0.3) is 0 Å². The van der Waals surface area contributed by atoms with Crippen LogP contribution in [0.2, 0.25) is 0 Å². The standard InChI is InChI=1S/C44H74O14P2/c1-3-5-7-8-9-10-11-12-13-14-19-22-25-28-31-35-44(48)58-42(39-57-60(52,53)56-37-41(46)36-55-59(49,50)51)38-54-43(47)34-30-27-24-21-18-16-15-17-20-23-26-29-33-40(45)32-6-4-2/h5,7,9-10,12-13,15-16,20-21,23-24,29,33,40-42,45-46H,3-4,6,8,11,14,17-19,22,25-28,30-32,34-39H2,1-2H3,(H,52,53)(H2,49,50,51)/b7-5-,10-9-,13-12-,16-15-,23-20-,24-21-,33-29-/t40-,41-,42+/m0/s1. The second kappa shape index (κ2) is 39.1. The molecule has 0 aliphatic rings. The lowest BCUT2D eigenvalue weighted by molar-refractivity contribution is -0.161. The van der Waals surface area contributed by atoms with Crippen molar-refractivity contribution < 1.29 is 66.7 Å². The molecule has 0 saturated carbocycles. The number of ether oxygens (including phenoxy) is 2. The summed E-state index contributed by atoms with van der Waals surface area (Å²) in [6, 6.07) is 0. The Hall–Kier alpha value is -2.74. The second-order valence-electron chi connectivity index (χ2n) is 14.0. The zero-order valence-corrected chi connectivity index (χ0v) is 37.7. The molecular weight excluding hydrogens is 814 g/mol. The molecular formula is C44H74O14P2. The molecule has 0 aromatic carbocycles. The van der Waals surface area contributed by atoms with Gasteiger partial charge in [0.25, 0.3) is 0 Å². The lowest BCUT2D eigenvalue weighted by Gasteiger charge is -2.20. The number of carbonyl (C=O) groups excluding carboxylic acids is 2. The van der Waals surface area contributed by atoms with E-state index in [2.05, 4.69) is 83.7 Å². The van der Waals surface area contributed by atoms with Gasteiger partial charge in [0.2, 0.25) is 0 Å². The van der Waals surface area contributed by atoms with Crippen LogP contribution in [0.3, 0.4) is 0 Å². The second-order valence-corrected chi connectivity index (χ2v) is 16.7. The summed E-state index contributed by atoms with van der Waals surface area (Å²) in [6.45, 7) is 1.38. The normalized spacial score (nSPS) is 15.4. The molecule has 0 radical (unpaired) electrons. The van der Waals surface area contributed by atoms with Crippen molar-refractivity contribution in [1.29, 1.82) is 0 Å². The van der Waals surface area contributed by atoms with Crippen LogP contribution in [-0.2, 0) is 41.8 Å². The molecule has 14 nitrogen and oxygen atoms in total. The van der Waals surface area contributed by atoms with Crippen molar-refractivity contribution >= 4 is 27.6 Å². The minimum atomic E-state index is -4.88. The van der Waals surface area contributed by atoms with Crippen molar-refractivity contribution in [3.63, 3.8) is 0 Å². The van der Waals surface area contributed by atoms with Gasteiger partial charge in [0.15, 0.2) is 6.10 Å². The van der Waals surface area contributed by atoms with E-state index in [9.17, 15) is 33.8 Å². The largest absolute Gasteiger partial charge is 0.472 e. The summed E-state index contributed by atoms with van der Waals surface area (Å²) in [5.41, 5.74) is 0. The van der Waals surface area contributed by atoms with E-state index in [4.69, 9.17) is 23.8 Å². The Kier molecular flexibility index (Phi) is 37.3. The number of esters is 2. The van der Waals surface area contributed by atoms with E-state index in [0.29, 0.717) is 19.3 Å². The first-order valence-corrected chi connectivity index (χ1v) is 24.4. The summed E-state index contributed by atoms with van der Waals surface area (Å²) in [6.07, 6.45) is 40.6. The molecule has 0 fully saturated rings. The molecule has 0 bridgehead atoms. The molecule has 0 aromatic heterocycles. The van der Waals surface area contributed by atoms with E-state index in [-0.39, 0.29) is 18.9 Å². The zero-order chi connectivity index (χ0) is 44.6. The number of aliphatic hydroxyl groups excluding tert-OH is 2. The van der Waals surface area contributed by atoms with Gasteiger partial charge in [-0.2, -0.15) is 0 Å². The maximum atomic E-state index is 12.6. The Labute approximate surface area is 359 Å². The number of hydrogen-bond acceptors (Lipinski definition) is 11. The topological polar surface area (TPSA) is 216 Å². The van der Waals surface area contributed by atoms with Crippen LogP contribution in [0.1, 0.15) is 136 Å². The summed E-state index contributed by atoms with van der Waals surface area (Å²) < 4.78 is 47.6. The van der Waals surface area contributed by atoms with Gasteiger partial charge in [0.1, 0.15) is 12.7 Å². The van der Waals surface area contributed by atoms with Crippen LogP contribution in [0.4, 0.5) is 0 Å². The molecule has 0 saturated heterocycles. The number of carbonyl (C=O) groups is 2. The van der Waals surface area contributed by atoms with E-state index in [1.54, 1.807) is 0 Å². The van der Waals surface area contributed by atoms with Crippen molar-refractivity contribution in [2.75, 3.05) is 26.4 Å². The third kappa shape index (κ3) is 42.0. The summed E-state index contributed by atoms with van der Waals surface area (Å²) in [4.78, 5) is 52.6. The molecule has 0 amide bonds. The van der Waals surface area contributed by atoms with Crippen molar-refractivity contribution in [1.82, 2.24) is 0 Å². The molecule has 1 unspecified atom stereocenters. The van der Waals surface area contributed by atoms with Gasteiger partial charge >= 0.3 is 27.6 Å². The minimum absolute atomic E-state index is 0.0873. The van der Waals surface area contributed by atoms with Crippen LogP contribution in [0.5, 0.6) is 0 Å². The summed E-state index contributed by atoms with van der Waals surface area (Å²) >= 11 is 0. The molecule has 60 heavy (non-hydrogen) atoms.